The van der Waals surface area contributed by atoms with Crippen LogP contribution in [-0.2, 0) is 14.3 Å². The van der Waals surface area contributed by atoms with Crippen molar-refractivity contribution in [3.8, 4) is 11.5 Å². The number of hydrogen-bond acceptors (Lipinski definition) is 8. The molecule has 1 aromatic heterocycles. The number of hydrogen-bond donors (Lipinski definition) is 1. The van der Waals surface area contributed by atoms with E-state index in [2.05, 4.69) is 9.88 Å². The first-order valence-electron chi connectivity index (χ1n) is 11.3. The van der Waals surface area contributed by atoms with Crippen LogP contribution in [-0.4, -0.2) is 85.2 Å². The van der Waals surface area contributed by atoms with Crippen molar-refractivity contribution in [2.45, 2.75) is 12.5 Å². The zero-order chi connectivity index (χ0) is 24.1. The predicted octanol–water partition coefficient (Wildman–Crippen LogP) is 2.24. The van der Waals surface area contributed by atoms with Crippen molar-refractivity contribution in [1.29, 1.82) is 0 Å². The number of ether oxygens (including phenoxy) is 3. The molecular weight excluding hydrogens is 438 g/mol. The standard InChI is InChI=1S/C25H29N3O6/c1-32-19-8-7-17(16-20(19)33-2)23(29)21-22(18-6-3-4-9-26-18)28(25(31)24(21)30)11-5-10-27-12-14-34-15-13-27/h3-4,6-9,16,22,29H,5,10-15H2,1-2H3/b23-21+. The first-order valence-corrected chi connectivity index (χ1v) is 11.3. The second-order valence-corrected chi connectivity index (χ2v) is 8.12. The highest BCUT2D eigenvalue weighted by atomic mass is 16.5. The lowest BCUT2D eigenvalue weighted by atomic mass is 9.98. The Bertz CT molecular complexity index is 1070. The van der Waals surface area contributed by atoms with Crippen LogP contribution in [0.15, 0.2) is 48.2 Å². The second-order valence-electron chi connectivity index (χ2n) is 8.12. The van der Waals surface area contributed by atoms with E-state index in [4.69, 9.17) is 14.2 Å². The third-order valence-corrected chi connectivity index (χ3v) is 6.14. The zero-order valence-electron chi connectivity index (χ0n) is 19.4. The highest BCUT2D eigenvalue weighted by Crippen LogP contribution is 2.40. The van der Waals surface area contributed by atoms with Crippen LogP contribution in [0.1, 0.15) is 23.7 Å². The molecule has 180 valence electrons. The molecule has 9 heteroatoms. The van der Waals surface area contributed by atoms with Crippen LogP contribution in [0, 0.1) is 0 Å². The van der Waals surface area contributed by atoms with Gasteiger partial charge in [0.2, 0.25) is 0 Å². The largest absolute Gasteiger partial charge is 0.507 e. The molecule has 1 unspecified atom stereocenters. The maximum Gasteiger partial charge on any atom is 0.295 e. The quantitative estimate of drug-likeness (QED) is 0.358. The average Bonchev–Trinajstić information content (AvgIpc) is 3.14. The Hall–Kier alpha value is -3.43. The molecular formula is C25H29N3O6. The van der Waals surface area contributed by atoms with Crippen molar-refractivity contribution < 1.29 is 28.9 Å². The number of carbonyl (C=O) groups is 2. The van der Waals surface area contributed by atoms with Gasteiger partial charge >= 0.3 is 0 Å². The molecule has 34 heavy (non-hydrogen) atoms. The summed E-state index contributed by atoms with van der Waals surface area (Å²) in [5.41, 5.74) is 0.891. The second kappa shape index (κ2) is 10.7. The molecule has 2 aliphatic heterocycles. The number of ketones is 1. The van der Waals surface area contributed by atoms with Gasteiger partial charge in [-0.15, -0.1) is 0 Å². The molecule has 2 aromatic rings. The van der Waals surface area contributed by atoms with Crippen LogP contribution in [0.4, 0.5) is 0 Å². The molecule has 1 aromatic carbocycles. The highest BCUT2D eigenvalue weighted by molar-refractivity contribution is 6.46. The third-order valence-electron chi connectivity index (χ3n) is 6.14. The Kier molecular flexibility index (Phi) is 7.44. The molecule has 1 amide bonds. The van der Waals surface area contributed by atoms with Gasteiger partial charge in [0.1, 0.15) is 11.8 Å². The van der Waals surface area contributed by atoms with Crippen LogP contribution in [0.25, 0.3) is 5.76 Å². The highest BCUT2D eigenvalue weighted by Gasteiger charge is 2.46. The Morgan fingerprint density at radius 1 is 1.09 bits per heavy atom. The van der Waals surface area contributed by atoms with Crippen LogP contribution in [0.2, 0.25) is 0 Å². The number of rotatable bonds is 8. The van der Waals surface area contributed by atoms with Crippen molar-refractivity contribution >= 4 is 17.4 Å². The van der Waals surface area contributed by atoms with Crippen LogP contribution in [0.5, 0.6) is 11.5 Å². The first-order chi connectivity index (χ1) is 16.5. The molecule has 0 bridgehead atoms. The summed E-state index contributed by atoms with van der Waals surface area (Å²) in [5.74, 6) is -0.746. The molecule has 3 heterocycles. The number of aromatic nitrogens is 1. The summed E-state index contributed by atoms with van der Waals surface area (Å²) < 4.78 is 16.0. The average molecular weight is 468 g/mol. The molecule has 0 aliphatic carbocycles. The normalized spacial score (nSPS) is 20.5. The summed E-state index contributed by atoms with van der Waals surface area (Å²) in [7, 11) is 3.00. The van der Waals surface area contributed by atoms with Gasteiger partial charge in [-0.2, -0.15) is 0 Å². The van der Waals surface area contributed by atoms with E-state index in [1.54, 1.807) is 42.6 Å². The molecule has 2 saturated heterocycles. The number of pyridine rings is 1. The maximum absolute atomic E-state index is 13.1. The summed E-state index contributed by atoms with van der Waals surface area (Å²) in [6.45, 7) is 4.25. The van der Waals surface area contributed by atoms with Crippen molar-refractivity contribution in [2.75, 3.05) is 53.6 Å². The fourth-order valence-corrected chi connectivity index (χ4v) is 4.38. The van der Waals surface area contributed by atoms with E-state index in [-0.39, 0.29) is 11.3 Å². The van der Waals surface area contributed by atoms with Crippen molar-refractivity contribution in [2.24, 2.45) is 0 Å². The number of morpholine rings is 1. The van der Waals surface area contributed by atoms with Crippen LogP contribution < -0.4 is 9.47 Å². The number of benzene rings is 1. The van der Waals surface area contributed by atoms with Gasteiger partial charge in [-0.3, -0.25) is 19.5 Å². The molecule has 0 radical (unpaired) electrons. The molecule has 2 fully saturated rings. The minimum Gasteiger partial charge on any atom is -0.507 e. The van der Waals surface area contributed by atoms with Gasteiger partial charge in [-0.1, -0.05) is 6.07 Å². The van der Waals surface area contributed by atoms with Gasteiger partial charge in [0, 0.05) is 37.9 Å². The van der Waals surface area contributed by atoms with Gasteiger partial charge in [-0.25, -0.2) is 0 Å². The van der Waals surface area contributed by atoms with Gasteiger partial charge in [0.15, 0.2) is 11.5 Å². The molecule has 0 saturated carbocycles. The lowest BCUT2D eigenvalue weighted by Crippen LogP contribution is -2.39. The number of aliphatic hydroxyl groups is 1. The summed E-state index contributed by atoms with van der Waals surface area (Å²) in [6.07, 6.45) is 2.30. The Morgan fingerprint density at radius 3 is 2.53 bits per heavy atom. The van der Waals surface area contributed by atoms with E-state index in [0.29, 0.717) is 48.9 Å². The fourth-order valence-electron chi connectivity index (χ4n) is 4.38. The lowest BCUT2D eigenvalue weighted by molar-refractivity contribution is -0.140. The number of Topliss-reactive ketones (excluding diaryl/α,β-unsaturated/α-hetero) is 1. The minimum absolute atomic E-state index is 0.0160. The third kappa shape index (κ3) is 4.76. The maximum atomic E-state index is 13.1. The van der Waals surface area contributed by atoms with Gasteiger partial charge in [-0.05, 0) is 36.8 Å². The number of aliphatic hydroxyl groups excluding tert-OH is 1. The summed E-state index contributed by atoms with van der Waals surface area (Å²) in [6, 6.07) is 9.39. The van der Waals surface area contributed by atoms with Gasteiger partial charge < -0.3 is 24.2 Å². The monoisotopic (exact) mass is 467 g/mol. The minimum atomic E-state index is -0.779. The van der Waals surface area contributed by atoms with E-state index < -0.39 is 17.7 Å². The summed E-state index contributed by atoms with van der Waals surface area (Å²) in [5, 5.41) is 11.2. The first kappa shape index (κ1) is 23.7. The van der Waals surface area contributed by atoms with Crippen LogP contribution in [0.3, 0.4) is 0 Å². The number of nitrogens with zero attached hydrogens (tertiary/aromatic N) is 3. The van der Waals surface area contributed by atoms with Crippen LogP contribution >= 0.6 is 0 Å². The Balaban J connectivity index is 1.67. The molecule has 1 N–H and O–H groups in total. The van der Waals surface area contributed by atoms with E-state index >= 15 is 0 Å². The smallest absolute Gasteiger partial charge is 0.295 e. The van der Waals surface area contributed by atoms with Gasteiger partial charge in [0.05, 0.1) is 38.7 Å². The van der Waals surface area contributed by atoms with Crippen molar-refractivity contribution in [3.63, 3.8) is 0 Å². The Morgan fingerprint density at radius 2 is 1.85 bits per heavy atom. The lowest BCUT2D eigenvalue weighted by Gasteiger charge is -2.28. The Labute approximate surface area is 198 Å². The molecule has 4 rings (SSSR count). The fraction of sp³-hybridized carbons (Fsp3) is 0.400. The van der Waals surface area contributed by atoms with E-state index in [9.17, 15) is 14.7 Å². The molecule has 0 spiro atoms. The summed E-state index contributed by atoms with van der Waals surface area (Å²) in [4.78, 5) is 34.4. The predicted molar refractivity (Wildman–Crippen MR) is 125 cm³/mol. The SMILES string of the molecule is COc1ccc(/C(O)=C2\C(=O)C(=O)N(CCCN3CCOCC3)C2c2ccccn2)cc1OC. The zero-order valence-corrected chi connectivity index (χ0v) is 19.4. The number of methoxy groups -OCH3 is 2. The van der Waals surface area contributed by atoms with Gasteiger partial charge in [0.25, 0.3) is 11.7 Å². The molecule has 2 aliphatic rings. The van der Waals surface area contributed by atoms with E-state index in [0.717, 1.165) is 19.6 Å². The topological polar surface area (TPSA) is 101 Å². The summed E-state index contributed by atoms with van der Waals surface area (Å²) >= 11 is 0. The van der Waals surface area contributed by atoms with Crippen molar-refractivity contribution in [1.82, 2.24) is 14.8 Å². The van der Waals surface area contributed by atoms with Crippen molar-refractivity contribution in [3.05, 3.63) is 59.4 Å². The van der Waals surface area contributed by atoms with E-state index in [1.165, 1.54) is 19.1 Å². The molecule has 1 atom stereocenters. The van der Waals surface area contributed by atoms with E-state index in [1.807, 2.05) is 0 Å². The number of carbonyl (C=O) groups excluding carboxylic acids is 2. The number of likely N-dealkylation sites (tertiary alicyclic amines) is 1. The number of amides is 1. The molecule has 9 nitrogen and oxygen atoms in total.